The second-order valence-corrected chi connectivity index (χ2v) is 6.94. The molecule has 1 aromatic carbocycles. The molecule has 144 valence electrons. The fraction of sp³-hybridized carbons (Fsp3) is 0.562. The Kier molecular flexibility index (Phi) is 6.15. The monoisotopic (exact) mass is 391 g/mol. The van der Waals surface area contributed by atoms with E-state index in [1.165, 1.54) is 0 Å². The highest BCUT2D eigenvalue weighted by Gasteiger charge is 2.35. The Morgan fingerprint density at radius 3 is 2.46 bits per heavy atom. The van der Waals surface area contributed by atoms with Gasteiger partial charge in [-0.25, -0.2) is 0 Å². The number of nitrogens with two attached hydrogens (primary N) is 1. The molecule has 2 N–H and O–H groups in total. The molecule has 0 aliphatic rings. The van der Waals surface area contributed by atoms with E-state index in [0.29, 0.717) is 18.5 Å². The van der Waals surface area contributed by atoms with Crippen molar-refractivity contribution in [3.63, 3.8) is 0 Å². The van der Waals surface area contributed by atoms with Gasteiger partial charge < -0.3 is 15.0 Å². The predicted molar refractivity (Wildman–Crippen MR) is 97.7 cm³/mol. The van der Waals surface area contributed by atoms with Crippen molar-refractivity contribution in [2.45, 2.75) is 52.4 Å². The van der Waals surface area contributed by atoms with Crippen molar-refractivity contribution in [3.8, 4) is 0 Å². The number of hydrogen-bond donors (Lipinski definition) is 1. The lowest BCUT2D eigenvalue weighted by atomic mass is 9.76. The third kappa shape index (κ3) is 4.63. The van der Waals surface area contributed by atoms with Gasteiger partial charge in [0.25, 0.3) is 0 Å². The Balaban J connectivity index is 2.66. The van der Waals surface area contributed by atoms with Crippen LogP contribution in [0.3, 0.4) is 0 Å². The van der Waals surface area contributed by atoms with Crippen LogP contribution in [0.25, 0.3) is 10.9 Å². The minimum absolute atomic E-state index is 0.0684. The van der Waals surface area contributed by atoms with E-state index in [1.54, 1.807) is 19.1 Å². The largest absolute Gasteiger partial charge is 0.496 e. The summed E-state index contributed by atoms with van der Waals surface area (Å²) in [6.45, 7) is 6.53. The Morgan fingerprint density at radius 2 is 1.92 bits per heavy atom. The second kappa shape index (κ2) is 7.66. The molecule has 0 saturated heterocycles. The Hall–Kier alpha value is -1.45. The first kappa shape index (κ1) is 20.9. The molecule has 0 spiro atoms. The molecule has 1 heterocycles. The van der Waals surface area contributed by atoms with Gasteiger partial charge in [-0.1, -0.05) is 24.6 Å². The summed E-state index contributed by atoms with van der Waals surface area (Å²) in [5.74, 6) is -0.0684. The van der Waals surface area contributed by atoms with Gasteiger partial charge in [0.1, 0.15) is 6.54 Å². The zero-order chi connectivity index (χ0) is 19.7. The minimum atomic E-state index is -4.46. The third-order valence-electron chi connectivity index (χ3n) is 4.08. The minimum Gasteiger partial charge on any atom is -0.408 e. The Bertz CT molecular complexity index is 780. The molecule has 0 amide bonds. The van der Waals surface area contributed by atoms with Crippen molar-refractivity contribution in [2.24, 2.45) is 0 Å². The maximum absolute atomic E-state index is 13.0. The highest BCUT2D eigenvalue weighted by atomic mass is 35.5. The van der Waals surface area contributed by atoms with Gasteiger partial charge in [-0.2, -0.15) is 18.3 Å². The molecule has 0 aliphatic carbocycles. The highest BCUT2D eigenvalue weighted by molar-refractivity contribution is 6.64. The molecular formula is C16H22BClF3N3O2. The molecule has 10 heteroatoms. The maximum Gasteiger partial charge on any atom is 0.496 e. The number of hydrogen-bond acceptors (Lipinski definition) is 4. The van der Waals surface area contributed by atoms with E-state index < -0.39 is 25.4 Å². The summed E-state index contributed by atoms with van der Waals surface area (Å²) in [5.41, 5.74) is 5.86. The van der Waals surface area contributed by atoms with Gasteiger partial charge in [0, 0.05) is 17.7 Å². The average molecular weight is 392 g/mol. The fourth-order valence-electron chi connectivity index (χ4n) is 2.52. The zero-order valence-corrected chi connectivity index (χ0v) is 15.9. The van der Waals surface area contributed by atoms with E-state index in [4.69, 9.17) is 26.6 Å². The molecular weight excluding hydrogens is 369 g/mol. The molecule has 0 unspecified atom stereocenters. The van der Waals surface area contributed by atoms with Crippen molar-refractivity contribution >= 4 is 40.9 Å². The summed E-state index contributed by atoms with van der Waals surface area (Å²) in [4.78, 5) is 0. The van der Waals surface area contributed by atoms with Crippen LogP contribution in [0.5, 0.6) is 0 Å². The van der Waals surface area contributed by atoms with Gasteiger partial charge in [0.05, 0.1) is 15.9 Å². The Labute approximate surface area is 155 Å². The van der Waals surface area contributed by atoms with Gasteiger partial charge >= 0.3 is 13.3 Å². The van der Waals surface area contributed by atoms with Crippen molar-refractivity contribution in [3.05, 3.63) is 17.2 Å². The predicted octanol–water partition coefficient (Wildman–Crippen LogP) is 3.77. The first-order valence-electron chi connectivity index (χ1n) is 8.29. The molecule has 0 bridgehead atoms. The van der Waals surface area contributed by atoms with E-state index in [0.717, 1.165) is 4.68 Å². The van der Waals surface area contributed by atoms with E-state index in [1.807, 2.05) is 20.8 Å². The normalized spacial score (nSPS) is 12.8. The van der Waals surface area contributed by atoms with Gasteiger partial charge in [0.2, 0.25) is 0 Å². The van der Waals surface area contributed by atoms with Crippen molar-refractivity contribution in [2.75, 3.05) is 12.3 Å². The highest BCUT2D eigenvalue weighted by Crippen LogP contribution is 2.30. The molecule has 0 fully saturated rings. The first-order chi connectivity index (χ1) is 12.0. The molecule has 0 atom stereocenters. The van der Waals surface area contributed by atoms with Crippen LogP contribution in [0.1, 0.15) is 34.1 Å². The summed E-state index contributed by atoms with van der Waals surface area (Å²) >= 11 is 6.16. The number of aromatic nitrogens is 2. The summed E-state index contributed by atoms with van der Waals surface area (Å²) in [6, 6.07) is 3.15. The summed E-state index contributed by atoms with van der Waals surface area (Å²) in [7, 11) is -0.877. The lowest BCUT2D eigenvalue weighted by Gasteiger charge is -2.28. The number of anilines is 1. The molecule has 2 aromatic rings. The van der Waals surface area contributed by atoms with E-state index in [9.17, 15) is 13.2 Å². The molecule has 0 radical (unpaired) electrons. The van der Waals surface area contributed by atoms with Gasteiger partial charge in [0.15, 0.2) is 5.82 Å². The number of alkyl halides is 3. The van der Waals surface area contributed by atoms with Crippen LogP contribution in [-0.4, -0.2) is 35.3 Å². The van der Waals surface area contributed by atoms with Crippen LogP contribution in [-0.2, 0) is 15.9 Å². The number of fused-ring (bicyclic) bond motifs is 1. The third-order valence-corrected chi connectivity index (χ3v) is 4.39. The molecule has 2 rings (SSSR count). The summed E-state index contributed by atoms with van der Waals surface area (Å²) in [5, 5.41) is 4.32. The molecule has 0 aliphatic heterocycles. The zero-order valence-electron chi connectivity index (χ0n) is 15.2. The quantitative estimate of drug-likeness (QED) is 0.730. The van der Waals surface area contributed by atoms with Gasteiger partial charge in [-0.3, -0.25) is 4.68 Å². The van der Waals surface area contributed by atoms with Gasteiger partial charge in [-0.15, -0.1) is 0 Å². The number of nitrogen functional groups attached to an aromatic ring is 1. The van der Waals surface area contributed by atoms with Gasteiger partial charge in [-0.05, 0) is 33.3 Å². The number of halogens is 4. The average Bonchev–Trinajstić information content (AvgIpc) is 2.83. The molecule has 1 aromatic heterocycles. The van der Waals surface area contributed by atoms with Crippen LogP contribution in [0.2, 0.25) is 5.02 Å². The molecule has 5 nitrogen and oxygen atoms in total. The van der Waals surface area contributed by atoms with E-state index in [2.05, 4.69) is 5.10 Å². The van der Waals surface area contributed by atoms with Crippen LogP contribution in [0.4, 0.5) is 19.0 Å². The van der Waals surface area contributed by atoms with Crippen LogP contribution in [0, 0.1) is 0 Å². The van der Waals surface area contributed by atoms with Crippen molar-refractivity contribution < 1.29 is 22.5 Å². The van der Waals surface area contributed by atoms with Crippen molar-refractivity contribution in [1.29, 1.82) is 0 Å². The number of nitrogens with zero attached hydrogens (tertiary/aromatic N) is 2. The summed E-state index contributed by atoms with van der Waals surface area (Å²) in [6.07, 6.45) is -3.77. The molecule has 26 heavy (non-hydrogen) atoms. The SMILES string of the molecule is CCOB(OC(C)(C)CC)c1ccc(Cl)c2c(N)nn(CC(F)(F)F)c12. The smallest absolute Gasteiger partial charge is 0.408 e. The summed E-state index contributed by atoms with van der Waals surface area (Å²) < 4.78 is 51.5. The van der Waals surface area contributed by atoms with Crippen LogP contribution in [0.15, 0.2) is 12.1 Å². The number of benzene rings is 1. The Morgan fingerprint density at radius 1 is 1.27 bits per heavy atom. The van der Waals surface area contributed by atoms with E-state index >= 15 is 0 Å². The standard InChI is InChI=1S/C16H22BClF3N3O2/c1-5-15(3,4)26-17(25-6-2)10-7-8-11(18)12-13(10)24(23-14(12)22)9-16(19,20)21/h7-8H,5-6,9H2,1-4H3,(H2,22,23). The molecule has 0 saturated carbocycles. The topological polar surface area (TPSA) is 62.3 Å². The first-order valence-corrected chi connectivity index (χ1v) is 8.67. The lowest BCUT2D eigenvalue weighted by Crippen LogP contribution is -2.44. The maximum atomic E-state index is 13.0. The van der Waals surface area contributed by atoms with Crippen LogP contribution >= 0.6 is 11.6 Å². The lowest BCUT2D eigenvalue weighted by molar-refractivity contribution is -0.141. The second-order valence-electron chi connectivity index (χ2n) is 6.54. The number of rotatable bonds is 7. The van der Waals surface area contributed by atoms with E-state index in [-0.39, 0.29) is 21.7 Å². The fourth-order valence-corrected chi connectivity index (χ4v) is 2.77. The van der Waals surface area contributed by atoms with Crippen molar-refractivity contribution in [1.82, 2.24) is 9.78 Å². The van der Waals surface area contributed by atoms with Crippen LogP contribution < -0.4 is 11.2 Å².